The first-order chi connectivity index (χ1) is 8.26. The molecule has 0 aromatic carbocycles. The van der Waals surface area contributed by atoms with Crippen molar-refractivity contribution in [3.05, 3.63) is 18.3 Å². The maximum absolute atomic E-state index is 9.44. The van der Waals surface area contributed by atoms with E-state index in [-0.39, 0.29) is 6.10 Å². The summed E-state index contributed by atoms with van der Waals surface area (Å²) in [5.74, 6) is 0.896. The van der Waals surface area contributed by atoms with Gasteiger partial charge in [0, 0.05) is 31.0 Å². The number of nitrogens with one attached hydrogen (secondary N) is 2. The van der Waals surface area contributed by atoms with E-state index < -0.39 is 0 Å². The fraction of sp³-hybridized carbons (Fsp3) is 0.615. The van der Waals surface area contributed by atoms with E-state index in [1.165, 1.54) is 0 Å². The van der Waals surface area contributed by atoms with Gasteiger partial charge >= 0.3 is 0 Å². The largest absolute Gasteiger partial charge is 0.393 e. The van der Waals surface area contributed by atoms with Crippen molar-refractivity contribution in [1.82, 2.24) is 4.98 Å². The van der Waals surface area contributed by atoms with Gasteiger partial charge < -0.3 is 15.7 Å². The van der Waals surface area contributed by atoms with Crippen molar-refractivity contribution in [2.45, 2.75) is 39.2 Å². The Morgan fingerprint density at radius 3 is 2.82 bits per heavy atom. The van der Waals surface area contributed by atoms with Crippen molar-refractivity contribution >= 4 is 11.5 Å². The number of aliphatic hydroxyl groups excluding tert-OH is 1. The molecule has 96 valence electrons. The van der Waals surface area contributed by atoms with Gasteiger partial charge in [0.2, 0.25) is 0 Å². The average molecular weight is 237 g/mol. The molecule has 0 radical (unpaired) electrons. The molecule has 0 spiro atoms. The summed E-state index contributed by atoms with van der Waals surface area (Å²) in [5.41, 5.74) is 1.04. The quantitative estimate of drug-likeness (QED) is 0.650. The van der Waals surface area contributed by atoms with E-state index in [1.807, 2.05) is 19.1 Å². The van der Waals surface area contributed by atoms with Crippen molar-refractivity contribution in [2.24, 2.45) is 0 Å². The summed E-state index contributed by atoms with van der Waals surface area (Å²) in [7, 11) is 0. The fourth-order valence-corrected chi connectivity index (χ4v) is 1.48. The number of rotatable bonds is 8. The SMILES string of the molecule is CCCNc1cc(NCCC(O)CC)ccn1. The van der Waals surface area contributed by atoms with E-state index in [9.17, 15) is 5.11 Å². The van der Waals surface area contributed by atoms with Gasteiger partial charge in [0.1, 0.15) is 5.82 Å². The van der Waals surface area contributed by atoms with Gasteiger partial charge in [-0.1, -0.05) is 13.8 Å². The third-order valence-corrected chi connectivity index (χ3v) is 2.59. The highest BCUT2D eigenvalue weighted by Gasteiger charge is 2.00. The molecule has 1 rings (SSSR count). The van der Waals surface area contributed by atoms with Crippen LogP contribution in [0.15, 0.2) is 18.3 Å². The number of aromatic nitrogens is 1. The minimum Gasteiger partial charge on any atom is -0.393 e. The van der Waals surface area contributed by atoms with Gasteiger partial charge in [-0.25, -0.2) is 4.98 Å². The molecule has 1 aromatic rings. The lowest BCUT2D eigenvalue weighted by molar-refractivity contribution is 0.164. The second-order valence-electron chi connectivity index (χ2n) is 4.13. The van der Waals surface area contributed by atoms with Crippen LogP contribution in [0.4, 0.5) is 11.5 Å². The van der Waals surface area contributed by atoms with Crippen molar-refractivity contribution in [3.8, 4) is 0 Å². The molecular formula is C13H23N3O. The predicted octanol–water partition coefficient (Wildman–Crippen LogP) is 2.48. The molecule has 0 aliphatic carbocycles. The monoisotopic (exact) mass is 237 g/mol. The molecule has 1 heterocycles. The molecule has 0 bridgehead atoms. The molecule has 0 aliphatic rings. The maximum atomic E-state index is 9.44. The lowest BCUT2D eigenvalue weighted by Crippen LogP contribution is -2.12. The second kappa shape index (κ2) is 7.90. The summed E-state index contributed by atoms with van der Waals surface area (Å²) in [6.07, 6.45) is 4.25. The maximum Gasteiger partial charge on any atom is 0.127 e. The van der Waals surface area contributed by atoms with E-state index in [1.54, 1.807) is 6.20 Å². The van der Waals surface area contributed by atoms with Crippen LogP contribution in [0.2, 0.25) is 0 Å². The molecule has 1 aromatic heterocycles. The Kier molecular flexibility index (Phi) is 6.40. The lowest BCUT2D eigenvalue weighted by atomic mass is 10.2. The Bertz CT molecular complexity index is 317. The van der Waals surface area contributed by atoms with Crippen molar-refractivity contribution in [1.29, 1.82) is 0 Å². The van der Waals surface area contributed by atoms with Crippen LogP contribution in [0, 0.1) is 0 Å². The summed E-state index contributed by atoms with van der Waals surface area (Å²) in [6, 6.07) is 3.93. The van der Waals surface area contributed by atoms with Crippen LogP contribution >= 0.6 is 0 Å². The highest BCUT2D eigenvalue weighted by Crippen LogP contribution is 2.12. The number of anilines is 2. The van der Waals surface area contributed by atoms with E-state index in [2.05, 4.69) is 22.5 Å². The second-order valence-corrected chi connectivity index (χ2v) is 4.13. The van der Waals surface area contributed by atoms with Gasteiger partial charge in [0.25, 0.3) is 0 Å². The lowest BCUT2D eigenvalue weighted by Gasteiger charge is -2.11. The Balaban J connectivity index is 2.37. The van der Waals surface area contributed by atoms with Crippen LogP contribution in [0.3, 0.4) is 0 Å². The molecular weight excluding hydrogens is 214 g/mol. The summed E-state index contributed by atoms with van der Waals surface area (Å²) in [6.45, 7) is 5.84. The molecule has 0 saturated carbocycles. The average Bonchev–Trinajstić information content (AvgIpc) is 2.36. The van der Waals surface area contributed by atoms with Gasteiger partial charge in [-0.15, -0.1) is 0 Å². The number of hydrogen-bond donors (Lipinski definition) is 3. The standard InChI is InChI=1S/C13H23N3O/c1-3-7-15-13-10-11(5-8-16-13)14-9-6-12(17)4-2/h5,8,10,12,17H,3-4,6-7,9H2,1-2H3,(H2,14,15,16). The Labute approximate surface area is 103 Å². The topological polar surface area (TPSA) is 57.2 Å². The van der Waals surface area contributed by atoms with Crippen LogP contribution in [0.5, 0.6) is 0 Å². The molecule has 1 unspecified atom stereocenters. The molecule has 4 heteroatoms. The fourth-order valence-electron chi connectivity index (χ4n) is 1.48. The molecule has 4 nitrogen and oxygen atoms in total. The summed E-state index contributed by atoms with van der Waals surface area (Å²) in [4.78, 5) is 4.24. The van der Waals surface area contributed by atoms with Crippen molar-refractivity contribution in [3.63, 3.8) is 0 Å². The van der Waals surface area contributed by atoms with E-state index in [4.69, 9.17) is 0 Å². The van der Waals surface area contributed by atoms with Crippen molar-refractivity contribution in [2.75, 3.05) is 23.7 Å². The first-order valence-electron chi connectivity index (χ1n) is 6.38. The van der Waals surface area contributed by atoms with Gasteiger partial charge in [-0.3, -0.25) is 0 Å². The number of nitrogens with zero attached hydrogens (tertiary/aromatic N) is 1. The molecule has 1 atom stereocenters. The van der Waals surface area contributed by atoms with Crippen LogP contribution in [0.25, 0.3) is 0 Å². The van der Waals surface area contributed by atoms with Gasteiger partial charge in [-0.05, 0) is 25.3 Å². The Morgan fingerprint density at radius 1 is 1.29 bits per heavy atom. The zero-order valence-electron chi connectivity index (χ0n) is 10.7. The molecule has 0 aliphatic heterocycles. The van der Waals surface area contributed by atoms with Gasteiger partial charge in [0.05, 0.1) is 6.10 Å². The highest BCUT2D eigenvalue weighted by molar-refractivity contribution is 5.51. The molecule has 0 saturated heterocycles. The van der Waals surface area contributed by atoms with Gasteiger partial charge in [-0.2, -0.15) is 0 Å². The van der Waals surface area contributed by atoms with Crippen LogP contribution in [-0.2, 0) is 0 Å². The van der Waals surface area contributed by atoms with Crippen LogP contribution in [0.1, 0.15) is 33.1 Å². The van der Waals surface area contributed by atoms with E-state index >= 15 is 0 Å². The normalized spacial score (nSPS) is 12.2. The first kappa shape index (κ1) is 13.8. The number of aliphatic hydroxyl groups is 1. The zero-order valence-corrected chi connectivity index (χ0v) is 10.7. The molecule has 3 N–H and O–H groups in total. The summed E-state index contributed by atoms with van der Waals surface area (Å²) < 4.78 is 0. The van der Waals surface area contributed by atoms with Gasteiger partial charge in [0.15, 0.2) is 0 Å². The summed E-state index contributed by atoms with van der Waals surface area (Å²) >= 11 is 0. The van der Waals surface area contributed by atoms with Crippen LogP contribution in [-0.4, -0.2) is 29.3 Å². The first-order valence-corrected chi connectivity index (χ1v) is 6.38. The van der Waals surface area contributed by atoms with Crippen molar-refractivity contribution < 1.29 is 5.11 Å². The zero-order chi connectivity index (χ0) is 12.5. The molecule has 17 heavy (non-hydrogen) atoms. The third kappa shape index (κ3) is 5.54. The molecule has 0 amide bonds. The predicted molar refractivity (Wildman–Crippen MR) is 72.4 cm³/mol. The highest BCUT2D eigenvalue weighted by atomic mass is 16.3. The Morgan fingerprint density at radius 2 is 2.12 bits per heavy atom. The molecule has 0 fully saturated rings. The number of pyridine rings is 1. The summed E-state index contributed by atoms with van der Waals surface area (Å²) in [5, 5.41) is 16.0. The smallest absolute Gasteiger partial charge is 0.127 e. The third-order valence-electron chi connectivity index (χ3n) is 2.59. The van der Waals surface area contributed by atoms with E-state index in [0.29, 0.717) is 0 Å². The van der Waals surface area contributed by atoms with E-state index in [0.717, 1.165) is 43.9 Å². The minimum absolute atomic E-state index is 0.206. The van der Waals surface area contributed by atoms with Crippen LogP contribution < -0.4 is 10.6 Å². The number of hydrogen-bond acceptors (Lipinski definition) is 4. The minimum atomic E-state index is -0.206. The Hall–Kier alpha value is -1.29.